The van der Waals surface area contributed by atoms with Gasteiger partial charge in [-0.25, -0.2) is 0 Å². The van der Waals surface area contributed by atoms with E-state index >= 15 is 0 Å². The third-order valence-corrected chi connectivity index (χ3v) is 4.66. The molecule has 0 amide bonds. The Balaban J connectivity index is 2.37. The van der Waals surface area contributed by atoms with E-state index in [1.807, 2.05) is 0 Å². The van der Waals surface area contributed by atoms with Crippen LogP contribution in [0.2, 0.25) is 0 Å². The summed E-state index contributed by atoms with van der Waals surface area (Å²) in [5, 5.41) is 10.9. The van der Waals surface area contributed by atoms with Gasteiger partial charge in [-0.2, -0.15) is 0 Å². The maximum Gasteiger partial charge on any atom is 0.203 e. The van der Waals surface area contributed by atoms with Gasteiger partial charge >= 0.3 is 0 Å². The Kier molecular flexibility index (Phi) is 7.65. The Morgan fingerprint density at radius 1 is 0.714 bits per heavy atom. The van der Waals surface area contributed by atoms with Gasteiger partial charge in [-0.05, 0) is 36.8 Å². The minimum atomic E-state index is -0.980. The number of hydrogen-bond acceptors (Lipinski definition) is 7. The van der Waals surface area contributed by atoms with Crippen molar-refractivity contribution in [2.24, 2.45) is 0 Å². The first-order valence-electron chi connectivity index (χ1n) is 8.46. The molecule has 0 radical (unpaired) electrons. The zero-order chi connectivity index (χ0) is 20.8. The summed E-state index contributed by atoms with van der Waals surface area (Å²) in [6, 6.07) is 6.89. The molecule has 0 heterocycles. The standard InChI is InChI=1S/C20H25BrO7/c1-11(28-20-16(25-4)9-13(21)10-17(20)26-5)18(22)12-7-14(23-2)19(27-6)15(8-12)24-3/h7-11,18,22H,1-6H3/t11-,18-/m1/s1. The van der Waals surface area contributed by atoms with Gasteiger partial charge in [0.15, 0.2) is 23.0 Å². The van der Waals surface area contributed by atoms with Crippen LogP contribution in [0, 0.1) is 0 Å². The Morgan fingerprint density at radius 2 is 1.14 bits per heavy atom. The van der Waals surface area contributed by atoms with Crippen LogP contribution in [0.3, 0.4) is 0 Å². The van der Waals surface area contributed by atoms with Gasteiger partial charge in [0.1, 0.15) is 12.2 Å². The van der Waals surface area contributed by atoms with Gasteiger partial charge in [0, 0.05) is 4.47 Å². The first kappa shape index (κ1) is 22.0. The van der Waals surface area contributed by atoms with E-state index in [0.717, 1.165) is 4.47 Å². The molecule has 2 atom stereocenters. The van der Waals surface area contributed by atoms with E-state index in [1.165, 1.54) is 35.5 Å². The van der Waals surface area contributed by atoms with Crippen LogP contribution >= 0.6 is 15.9 Å². The number of ether oxygens (including phenoxy) is 6. The lowest BCUT2D eigenvalue weighted by Crippen LogP contribution is -2.22. The Labute approximate surface area is 173 Å². The zero-order valence-corrected chi connectivity index (χ0v) is 18.3. The molecule has 0 aromatic heterocycles. The van der Waals surface area contributed by atoms with Crippen LogP contribution in [0.1, 0.15) is 18.6 Å². The number of methoxy groups -OCH3 is 5. The summed E-state index contributed by atoms with van der Waals surface area (Å²) in [6.07, 6.45) is -1.61. The van der Waals surface area contributed by atoms with Gasteiger partial charge in [-0.15, -0.1) is 0 Å². The lowest BCUT2D eigenvalue weighted by atomic mass is 10.0. The number of aliphatic hydroxyl groups is 1. The predicted molar refractivity (Wildman–Crippen MR) is 108 cm³/mol. The van der Waals surface area contributed by atoms with Crippen LogP contribution < -0.4 is 28.4 Å². The predicted octanol–water partition coefficient (Wildman–Crippen LogP) is 3.99. The molecule has 0 saturated heterocycles. The van der Waals surface area contributed by atoms with Crippen molar-refractivity contribution < 1.29 is 33.5 Å². The fourth-order valence-electron chi connectivity index (χ4n) is 2.76. The van der Waals surface area contributed by atoms with Crippen molar-refractivity contribution in [1.29, 1.82) is 0 Å². The molecule has 2 aromatic rings. The normalized spacial score (nSPS) is 12.7. The molecule has 0 saturated carbocycles. The Hall–Kier alpha value is -2.32. The van der Waals surface area contributed by atoms with Crippen LogP contribution in [-0.4, -0.2) is 46.8 Å². The lowest BCUT2D eigenvalue weighted by molar-refractivity contribution is 0.0431. The van der Waals surface area contributed by atoms with E-state index in [2.05, 4.69) is 15.9 Å². The van der Waals surface area contributed by atoms with Crippen molar-refractivity contribution in [3.8, 4) is 34.5 Å². The molecule has 1 N–H and O–H groups in total. The second-order valence-electron chi connectivity index (χ2n) is 5.87. The summed E-state index contributed by atoms with van der Waals surface area (Å²) in [7, 11) is 7.63. The number of rotatable bonds is 9. The van der Waals surface area contributed by atoms with E-state index < -0.39 is 12.2 Å². The summed E-state index contributed by atoms with van der Waals surface area (Å²) in [4.78, 5) is 0. The van der Waals surface area contributed by atoms with Crippen LogP contribution in [-0.2, 0) is 0 Å². The molecule has 0 unspecified atom stereocenters. The first-order chi connectivity index (χ1) is 13.4. The van der Waals surface area contributed by atoms with E-state index in [0.29, 0.717) is 40.1 Å². The summed E-state index contributed by atoms with van der Waals surface area (Å²) in [6.45, 7) is 1.74. The van der Waals surface area contributed by atoms with Gasteiger partial charge in [-0.3, -0.25) is 0 Å². The van der Waals surface area contributed by atoms with Gasteiger partial charge in [-0.1, -0.05) is 15.9 Å². The Bertz CT molecular complexity index is 759. The lowest BCUT2D eigenvalue weighted by Gasteiger charge is -2.24. The van der Waals surface area contributed by atoms with Gasteiger partial charge < -0.3 is 33.5 Å². The van der Waals surface area contributed by atoms with Crippen molar-refractivity contribution in [3.63, 3.8) is 0 Å². The van der Waals surface area contributed by atoms with E-state index in [4.69, 9.17) is 28.4 Å². The van der Waals surface area contributed by atoms with Crippen molar-refractivity contribution >= 4 is 15.9 Å². The zero-order valence-electron chi connectivity index (χ0n) is 16.7. The topological polar surface area (TPSA) is 75.6 Å². The Morgan fingerprint density at radius 3 is 1.54 bits per heavy atom. The molecule has 0 spiro atoms. The van der Waals surface area contributed by atoms with Gasteiger partial charge in [0.2, 0.25) is 11.5 Å². The van der Waals surface area contributed by atoms with Crippen LogP contribution in [0.4, 0.5) is 0 Å². The van der Waals surface area contributed by atoms with Gasteiger partial charge in [0.05, 0.1) is 35.5 Å². The number of hydrogen-bond donors (Lipinski definition) is 1. The maximum absolute atomic E-state index is 10.9. The highest BCUT2D eigenvalue weighted by molar-refractivity contribution is 9.10. The largest absolute Gasteiger partial charge is 0.493 e. The van der Waals surface area contributed by atoms with Crippen molar-refractivity contribution in [2.45, 2.75) is 19.1 Å². The maximum atomic E-state index is 10.9. The average molecular weight is 457 g/mol. The molecule has 154 valence electrons. The van der Waals surface area contributed by atoms with Crippen molar-refractivity contribution in [3.05, 3.63) is 34.3 Å². The fraction of sp³-hybridized carbons (Fsp3) is 0.400. The molecule has 7 nitrogen and oxygen atoms in total. The highest BCUT2D eigenvalue weighted by atomic mass is 79.9. The minimum Gasteiger partial charge on any atom is -0.493 e. The molecule has 0 aliphatic heterocycles. The fourth-order valence-corrected chi connectivity index (χ4v) is 3.17. The molecule has 8 heteroatoms. The average Bonchev–Trinajstić information content (AvgIpc) is 2.72. The SMILES string of the molecule is COc1cc([C@H](O)[C@@H](C)Oc2c(OC)cc(Br)cc2OC)cc(OC)c1OC. The summed E-state index contributed by atoms with van der Waals surface area (Å²) in [5.41, 5.74) is 0.553. The third-order valence-electron chi connectivity index (χ3n) is 4.20. The van der Waals surface area contributed by atoms with Crippen LogP contribution in [0.25, 0.3) is 0 Å². The minimum absolute atomic E-state index is 0.396. The number of benzene rings is 2. The first-order valence-corrected chi connectivity index (χ1v) is 9.25. The summed E-state index contributed by atoms with van der Waals surface area (Å²) in [5.74, 6) is 2.70. The molecule has 2 rings (SSSR count). The summed E-state index contributed by atoms with van der Waals surface area (Å²) >= 11 is 3.40. The van der Waals surface area contributed by atoms with E-state index in [9.17, 15) is 5.11 Å². The molecule has 0 aliphatic rings. The summed E-state index contributed by atoms with van der Waals surface area (Å²) < 4.78 is 33.6. The second-order valence-corrected chi connectivity index (χ2v) is 6.78. The highest BCUT2D eigenvalue weighted by Gasteiger charge is 2.25. The van der Waals surface area contributed by atoms with Gasteiger partial charge in [0.25, 0.3) is 0 Å². The van der Waals surface area contributed by atoms with E-state index in [-0.39, 0.29) is 0 Å². The van der Waals surface area contributed by atoms with Crippen molar-refractivity contribution in [2.75, 3.05) is 35.5 Å². The molecule has 0 bridgehead atoms. The molecule has 28 heavy (non-hydrogen) atoms. The molecule has 2 aromatic carbocycles. The van der Waals surface area contributed by atoms with Crippen LogP contribution in [0.5, 0.6) is 34.5 Å². The van der Waals surface area contributed by atoms with Crippen LogP contribution in [0.15, 0.2) is 28.7 Å². The third kappa shape index (κ3) is 4.56. The smallest absolute Gasteiger partial charge is 0.203 e. The highest BCUT2D eigenvalue weighted by Crippen LogP contribution is 2.43. The molecule has 0 fully saturated rings. The van der Waals surface area contributed by atoms with Crippen molar-refractivity contribution in [1.82, 2.24) is 0 Å². The van der Waals surface area contributed by atoms with E-state index in [1.54, 1.807) is 31.2 Å². The number of aliphatic hydroxyl groups excluding tert-OH is 1. The number of halogens is 1. The molecular formula is C20H25BrO7. The molecular weight excluding hydrogens is 432 g/mol. The second kappa shape index (κ2) is 9.75. The quantitative estimate of drug-likeness (QED) is 0.610. The molecule has 0 aliphatic carbocycles. The monoisotopic (exact) mass is 456 g/mol.